The molecule has 0 N–H and O–H groups in total. The topological polar surface area (TPSA) is 69.7 Å². The zero-order chi connectivity index (χ0) is 14.7. The van der Waals surface area contributed by atoms with Crippen LogP contribution in [0.4, 0.5) is 0 Å². The molecule has 0 radical (unpaired) electrons. The minimum atomic E-state index is -0.482. The molecule has 2 rings (SSSR count). The van der Waals surface area contributed by atoms with Crippen LogP contribution in [0.2, 0.25) is 0 Å². The summed E-state index contributed by atoms with van der Waals surface area (Å²) in [7, 11) is 1.33. The van der Waals surface area contributed by atoms with E-state index >= 15 is 0 Å². The number of rotatable bonds is 4. The maximum atomic E-state index is 11.9. The number of hydrogen-bond donors (Lipinski definition) is 0. The molecule has 1 aliphatic heterocycles. The van der Waals surface area contributed by atoms with Gasteiger partial charge >= 0.3 is 11.9 Å². The van der Waals surface area contributed by atoms with Gasteiger partial charge in [0.1, 0.15) is 5.78 Å². The standard InChI is InChI=1S/C15H20O5/c1-9(16)3-4-10-7-11-5-6-20-15(18)13(11)12(8-10)14(17)19-2/h7,11-13H,3-6,8H2,1-2H3/t11-,12+,13-/m1/s1. The van der Waals surface area contributed by atoms with Crippen molar-refractivity contribution in [1.82, 2.24) is 0 Å². The summed E-state index contributed by atoms with van der Waals surface area (Å²) in [6, 6.07) is 0. The third-order valence-corrected chi connectivity index (χ3v) is 4.10. The Kier molecular flexibility index (Phi) is 4.57. The van der Waals surface area contributed by atoms with Gasteiger partial charge < -0.3 is 14.3 Å². The fourth-order valence-electron chi connectivity index (χ4n) is 3.08. The molecule has 1 heterocycles. The lowest BCUT2D eigenvalue weighted by Crippen LogP contribution is -2.42. The van der Waals surface area contributed by atoms with Gasteiger partial charge in [0, 0.05) is 6.42 Å². The van der Waals surface area contributed by atoms with Crippen LogP contribution in [0.25, 0.3) is 0 Å². The fraction of sp³-hybridized carbons (Fsp3) is 0.667. The van der Waals surface area contributed by atoms with E-state index in [9.17, 15) is 14.4 Å². The Bertz CT molecular complexity index is 451. The van der Waals surface area contributed by atoms with E-state index < -0.39 is 11.8 Å². The number of esters is 2. The van der Waals surface area contributed by atoms with E-state index in [2.05, 4.69) is 6.08 Å². The van der Waals surface area contributed by atoms with Gasteiger partial charge in [-0.25, -0.2) is 0 Å². The molecule has 5 heteroatoms. The predicted molar refractivity (Wildman–Crippen MR) is 70.7 cm³/mol. The zero-order valence-electron chi connectivity index (χ0n) is 11.9. The summed E-state index contributed by atoms with van der Waals surface area (Å²) in [5.41, 5.74) is 1.08. The van der Waals surface area contributed by atoms with Crippen molar-refractivity contribution >= 4 is 17.7 Å². The molecule has 3 atom stereocenters. The van der Waals surface area contributed by atoms with E-state index in [1.807, 2.05) is 0 Å². The van der Waals surface area contributed by atoms with Crippen LogP contribution in [0.1, 0.15) is 32.6 Å². The van der Waals surface area contributed by atoms with Crippen LogP contribution in [0, 0.1) is 17.8 Å². The highest BCUT2D eigenvalue weighted by atomic mass is 16.5. The van der Waals surface area contributed by atoms with Crippen molar-refractivity contribution in [1.29, 1.82) is 0 Å². The predicted octanol–water partition coefficient (Wildman–Crippen LogP) is 1.65. The van der Waals surface area contributed by atoms with Gasteiger partial charge in [-0.3, -0.25) is 9.59 Å². The molecular formula is C15H20O5. The SMILES string of the molecule is COC(=O)[C@H]1CC(CCC(C)=O)=C[C@H]2CCOC(=O)[C@@H]12. The van der Waals surface area contributed by atoms with Crippen LogP contribution in [-0.4, -0.2) is 31.4 Å². The Morgan fingerprint density at radius 3 is 2.85 bits per heavy atom. The molecule has 0 bridgehead atoms. The molecular weight excluding hydrogens is 260 g/mol. The number of allylic oxidation sites excluding steroid dienone is 2. The highest BCUT2D eigenvalue weighted by molar-refractivity contribution is 5.83. The van der Waals surface area contributed by atoms with Crippen molar-refractivity contribution in [2.24, 2.45) is 17.8 Å². The van der Waals surface area contributed by atoms with Crippen molar-refractivity contribution in [3.63, 3.8) is 0 Å². The van der Waals surface area contributed by atoms with Crippen molar-refractivity contribution in [3.8, 4) is 0 Å². The fourth-order valence-corrected chi connectivity index (χ4v) is 3.08. The lowest BCUT2D eigenvalue weighted by molar-refractivity contribution is -0.166. The Morgan fingerprint density at radius 2 is 2.20 bits per heavy atom. The van der Waals surface area contributed by atoms with Crippen LogP contribution < -0.4 is 0 Å². The Hall–Kier alpha value is -1.65. The molecule has 0 aromatic rings. The number of cyclic esters (lactones) is 1. The summed E-state index contributed by atoms with van der Waals surface area (Å²) in [5.74, 6) is -1.44. The summed E-state index contributed by atoms with van der Waals surface area (Å²) in [6.07, 6.45) is 4.40. The Balaban J connectivity index is 2.19. The van der Waals surface area contributed by atoms with Crippen molar-refractivity contribution in [2.45, 2.75) is 32.6 Å². The maximum Gasteiger partial charge on any atom is 0.310 e. The zero-order valence-corrected chi connectivity index (χ0v) is 11.9. The second-order valence-electron chi connectivity index (χ2n) is 5.51. The van der Waals surface area contributed by atoms with Gasteiger partial charge in [-0.05, 0) is 32.1 Å². The van der Waals surface area contributed by atoms with Crippen molar-refractivity contribution < 1.29 is 23.9 Å². The van der Waals surface area contributed by atoms with Crippen LogP contribution in [0.15, 0.2) is 11.6 Å². The van der Waals surface area contributed by atoms with Crippen LogP contribution in [-0.2, 0) is 23.9 Å². The van der Waals surface area contributed by atoms with Crippen LogP contribution in [0.5, 0.6) is 0 Å². The van der Waals surface area contributed by atoms with Gasteiger partial charge in [0.2, 0.25) is 0 Å². The molecule has 1 saturated heterocycles. The van der Waals surface area contributed by atoms with Gasteiger partial charge in [-0.15, -0.1) is 0 Å². The third-order valence-electron chi connectivity index (χ3n) is 4.10. The first kappa shape index (κ1) is 14.8. The summed E-state index contributed by atoms with van der Waals surface area (Å²) in [6.45, 7) is 1.95. The van der Waals surface area contributed by atoms with E-state index in [4.69, 9.17) is 9.47 Å². The highest BCUT2D eigenvalue weighted by Crippen LogP contribution is 2.40. The maximum absolute atomic E-state index is 11.9. The molecule has 5 nitrogen and oxygen atoms in total. The summed E-state index contributed by atoms with van der Waals surface area (Å²) < 4.78 is 9.90. The van der Waals surface area contributed by atoms with Gasteiger partial charge in [-0.2, -0.15) is 0 Å². The molecule has 2 aliphatic rings. The van der Waals surface area contributed by atoms with E-state index in [0.29, 0.717) is 25.9 Å². The highest BCUT2D eigenvalue weighted by Gasteiger charge is 2.45. The van der Waals surface area contributed by atoms with E-state index in [1.54, 1.807) is 6.92 Å². The summed E-state index contributed by atoms with van der Waals surface area (Å²) in [4.78, 5) is 34.9. The number of ketones is 1. The molecule has 0 unspecified atom stereocenters. The van der Waals surface area contributed by atoms with Gasteiger partial charge in [0.15, 0.2) is 0 Å². The summed E-state index contributed by atoms with van der Waals surface area (Å²) >= 11 is 0. The van der Waals surface area contributed by atoms with E-state index in [0.717, 1.165) is 12.0 Å². The summed E-state index contributed by atoms with van der Waals surface area (Å²) in [5, 5.41) is 0. The largest absolute Gasteiger partial charge is 0.469 e. The van der Waals surface area contributed by atoms with Gasteiger partial charge in [0.05, 0.1) is 25.6 Å². The lowest BCUT2D eigenvalue weighted by Gasteiger charge is -2.37. The first-order valence-electron chi connectivity index (χ1n) is 6.96. The van der Waals surface area contributed by atoms with E-state index in [-0.39, 0.29) is 23.6 Å². The molecule has 20 heavy (non-hydrogen) atoms. The molecule has 0 saturated carbocycles. The van der Waals surface area contributed by atoms with E-state index in [1.165, 1.54) is 7.11 Å². The minimum absolute atomic E-state index is 0.0241. The third kappa shape index (κ3) is 3.08. The van der Waals surface area contributed by atoms with Gasteiger partial charge in [0.25, 0.3) is 0 Å². The average molecular weight is 280 g/mol. The second-order valence-corrected chi connectivity index (χ2v) is 5.51. The number of carbonyl (C=O) groups excluding carboxylic acids is 3. The van der Waals surface area contributed by atoms with Crippen LogP contribution >= 0.6 is 0 Å². The lowest BCUT2D eigenvalue weighted by atomic mass is 9.70. The van der Waals surface area contributed by atoms with Crippen molar-refractivity contribution in [2.75, 3.05) is 13.7 Å². The molecule has 0 amide bonds. The Labute approximate surface area is 118 Å². The second kappa shape index (κ2) is 6.20. The smallest absolute Gasteiger partial charge is 0.310 e. The number of carbonyl (C=O) groups is 3. The number of fused-ring (bicyclic) bond motifs is 1. The normalized spacial score (nSPS) is 29.0. The number of hydrogen-bond acceptors (Lipinski definition) is 5. The molecule has 1 aliphatic carbocycles. The first-order valence-corrected chi connectivity index (χ1v) is 6.96. The molecule has 0 aromatic carbocycles. The number of methoxy groups -OCH3 is 1. The average Bonchev–Trinajstić information content (AvgIpc) is 2.43. The van der Waals surface area contributed by atoms with Gasteiger partial charge in [-0.1, -0.05) is 11.6 Å². The monoisotopic (exact) mass is 280 g/mol. The number of ether oxygens (including phenoxy) is 2. The van der Waals surface area contributed by atoms with Crippen molar-refractivity contribution in [3.05, 3.63) is 11.6 Å². The number of Topliss-reactive ketones (excluding diaryl/α,β-unsaturated/α-hetero) is 1. The quantitative estimate of drug-likeness (QED) is 0.578. The molecule has 0 aromatic heterocycles. The Morgan fingerprint density at radius 1 is 1.45 bits per heavy atom. The van der Waals surface area contributed by atoms with Crippen LogP contribution in [0.3, 0.4) is 0 Å². The molecule has 110 valence electrons. The molecule has 1 fully saturated rings. The minimum Gasteiger partial charge on any atom is -0.469 e. The molecule has 0 spiro atoms. The first-order chi connectivity index (χ1) is 9.52.